The second-order valence-corrected chi connectivity index (χ2v) is 9.34. The second kappa shape index (κ2) is 5.34. The summed E-state index contributed by atoms with van der Waals surface area (Å²) in [7, 11) is -3.96. The van der Waals surface area contributed by atoms with Crippen LogP contribution in [0.5, 0.6) is 0 Å². The predicted octanol–water partition coefficient (Wildman–Crippen LogP) is 1.53. The zero-order chi connectivity index (χ0) is 17.4. The summed E-state index contributed by atoms with van der Waals surface area (Å²) in [6.45, 7) is 0. The van der Waals surface area contributed by atoms with Crippen molar-refractivity contribution in [3.63, 3.8) is 0 Å². The van der Waals surface area contributed by atoms with Gasteiger partial charge in [-0.3, -0.25) is 9.59 Å². The summed E-state index contributed by atoms with van der Waals surface area (Å²) in [4.78, 5) is 26.5. The molecule has 1 aromatic carbocycles. The number of hydrogen-bond acceptors (Lipinski definition) is 5. The minimum absolute atomic E-state index is 0.131. The highest BCUT2D eigenvalue weighted by Crippen LogP contribution is 2.50. The molecular formula is C14H12Br2N2O5S. The molecule has 3 aliphatic heterocycles. The van der Waals surface area contributed by atoms with Crippen LogP contribution in [-0.4, -0.2) is 32.4 Å². The Balaban J connectivity index is 1.78. The largest absolute Gasteiger partial charge is 0.373 e. The molecule has 1 aromatic rings. The molecule has 0 aliphatic carbocycles. The Morgan fingerprint density at radius 2 is 1.50 bits per heavy atom. The van der Waals surface area contributed by atoms with E-state index in [1.807, 2.05) is 0 Å². The molecule has 0 radical (unpaired) electrons. The van der Waals surface area contributed by atoms with E-state index >= 15 is 0 Å². The van der Waals surface area contributed by atoms with Crippen LogP contribution in [-0.2, 0) is 24.3 Å². The number of carbonyl (C=O) groups is 2. The summed E-state index contributed by atoms with van der Waals surface area (Å²) >= 11 is 6.31. The van der Waals surface area contributed by atoms with E-state index in [9.17, 15) is 18.0 Å². The van der Waals surface area contributed by atoms with Gasteiger partial charge in [-0.15, -0.1) is 0 Å². The molecule has 2 amide bonds. The van der Waals surface area contributed by atoms with E-state index in [1.54, 1.807) is 0 Å². The summed E-state index contributed by atoms with van der Waals surface area (Å²) in [6.07, 6.45) is 1.18. The van der Waals surface area contributed by atoms with E-state index in [0.29, 0.717) is 5.69 Å². The smallest absolute Gasteiger partial charge is 0.240 e. The van der Waals surface area contributed by atoms with Gasteiger partial charge in [0, 0.05) is 8.95 Å². The van der Waals surface area contributed by atoms with Crippen LogP contribution in [0.3, 0.4) is 0 Å². The predicted molar refractivity (Wildman–Crippen MR) is 90.6 cm³/mol. The molecule has 24 heavy (non-hydrogen) atoms. The first-order chi connectivity index (χ1) is 11.2. The highest BCUT2D eigenvalue weighted by atomic mass is 79.9. The third-order valence-corrected chi connectivity index (χ3v) is 7.59. The second-order valence-electron chi connectivity index (χ2n) is 6.14. The van der Waals surface area contributed by atoms with Crippen molar-refractivity contribution in [2.75, 3.05) is 4.90 Å². The fourth-order valence-electron chi connectivity index (χ4n) is 3.91. The number of hydrogen-bond donors (Lipinski definition) is 1. The molecule has 0 aromatic heterocycles. The molecule has 0 spiro atoms. The lowest BCUT2D eigenvalue weighted by atomic mass is 9.81. The SMILES string of the molecule is NS(=O)(=O)c1c(Br)cc(N2C(=O)C3C4CCC(O4)C3C2=O)cc1Br. The molecule has 10 heteroatoms. The van der Waals surface area contributed by atoms with Crippen molar-refractivity contribution in [1.82, 2.24) is 0 Å². The summed E-state index contributed by atoms with van der Waals surface area (Å²) < 4.78 is 29.4. The molecule has 4 atom stereocenters. The number of amides is 2. The highest BCUT2D eigenvalue weighted by Gasteiger charge is 2.62. The zero-order valence-electron chi connectivity index (χ0n) is 12.1. The Labute approximate surface area is 154 Å². The van der Waals surface area contributed by atoms with Gasteiger partial charge in [0.1, 0.15) is 4.90 Å². The van der Waals surface area contributed by atoms with Crippen molar-refractivity contribution in [1.29, 1.82) is 0 Å². The maximum Gasteiger partial charge on any atom is 0.240 e. The minimum Gasteiger partial charge on any atom is -0.373 e. The molecule has 3 heterocycles. The number of anilines is 1. The molecule has 4 unspecified atom stereocenters. The van der Waals surface area contributed by atoms with E-state index in [0.717, 1.165) is 17.7 Å². The molecular weight excluding hydrogens is 468 g/mol. The van der Waals surface area contributed by atoms with Gasteiger partial charge in [-0.2, -0.15) is 0 Å². The van der Waals surface area contributed by atoms with Gasteiger partial charge >= 0.3 is 0 Å². The van der Waals surface area contributed by atoms with Gasteiger partial charge in [0.15, 0.2) is 0 Å². The zero-order valence-corrected chi connectivity index (χ0v) is 16.1. The summed E-state index contributed by atoms with van der Waals surface area (Å²) in [5.74, 6) is -1.46. The van der Waals surface area contributed by atoms with Crippen molar-refractivity contribution < 1.29 is 22.7 Å². The highest BCUT2D eigenvalue weighted by molar-refractivity contribution is 9.11. The van der Waals surface area contributed by atoms with Crippen molar-refractivity contribution in [3.05, 3.63) is 21.1 Å². The average Bonchev–Trinajstić information content (AvgIpc) is 3.10. The number of halogens is 2. The number of sulfonamides is 1. The number of primary sulfonamides is 1. The van der Waals surface area contributed by atoms with Crippen LogP contribution < -0.4 is 10.0 Å². The van der Waals surface area contributed by atoms with Crippen LogP contribution in [0.4, 0.5) is 5.69 Å². The number of benzene rings is 1. The van der Waals surface area contributed by atoms with Gasteiger partial charge in [0.05, 0.1) is 29.7 Å². The number of ether oxygens (including phenoxy) is 1. The molecule has 3 aliphatic rings. The van der Waals surface area contributed by atoms with Crippen molar-refractivity contribution in [3.8, 4) is 0 Å². The number of fused-ring (bicyclic) bond motifs is 5. The molecule has 128 valence electrons. The molecule has 4 rings (SSSR count). The van der Waals surface area contributed by atoms with Crippen LogP contribution in [0.15, 0.2) is 26.0 Å². The van der Waals surface area contributed by atoms with Gasteiger partial charge in [-0.05, 0) is 56.8 Å². The number of imide groups is 1. The first-order valence-electron chi connectivity index (χ1n) is 7.25. The van der Waals surface area contributed by atoms with E-state index in [4.69, 9.17) is 9.88 Å². The number of rotatable bonds is 2. The summed E-state index contributed by atoms with van der Waals surface area (Å²) in [5.41, 5.74) is 0.310. The Bertz CT molecular complexity index is 836. The van der Waals surface area contributed by atoms with Crippen LogP contribution >= 0.6 is 31.9 Å². The third-order valence-electron chi connectivity index (χ3n) is 4.81. The van der Waals surface area contributed by atoms with Crippen LogP contribution in [0.1, 0.15) is 12.8 Å². The molecule has 2 bridgehead atoms. The first-order valence-corrected chi connectivity index (χ1v) is 10.4. The Kier molecular flexibility index (Phi) is 3.70. The van der Waals surface area contributed by atoms with Gasteiger partial charge in [0.25, 0.3) is 0 Å². The standard InChI is InChI=1S/C14H12Br2N2O5S/c15-6-3-5(4-7(16)12(6)24(17,21)22)18-13(19)10-8-1-2-9(23-8)11(10)14(18)20/h3-4,8-11H,1-2H2,(H2,17,21,22). The normalized spacial score (nSPS) is 31.9. The van der Waals surface area contributed by atoms with E-state index in [1.165, 1.54) is 12.1 Å². The average molecular weight is 480 g/mol. The van der Waals surface area contributed by atoms with Crippen molar-refractivity contribution >= 4 is 59.4 Å². The minimum atomic E-state index is -3.96. The first kappa shape index (κ1) is 16.6. The summed E-state index contributed by atoms with van der Waals surface area (Å²) in [6, 6.07) is 2.84. The topological polar surface area (TPSA) is 107 Å². The number of nitrogens with zero attached hydrogens (tertiary/aromatic N) is 1. The van der Waals surface area contributed by atoms with E-state index in [-0.39, 0.29) is 37.9 Å². The van der Waals surface area contributed by atoms with Gasteiger partial charge in [0.2, 0.25) is 21.8 Å². The lowest BCUT2D eigenvalue weighted by Crippen LogP contribution is -2.34. The lowest BCUT2D eigenvalue weighted by Gasteiger charge is -2.19. The van der Waals surface area contributed by atoms with Gasteiger partial charge < -0.3 is 4.74 Å². The monoisotopic (exact) mass is 478 g/mol. The molecule has 3 fully saturated rings. The van der Waals surface area contributed by atoms with Crippen molar-refractivity contribution in [2.45, 2.75) is 29.9 Å². The maximum atomic E-state index is 12.7. The number of nitrogens with two attached hydrogens (primary N) is 1. The van der Waals surface area contributed by atoms with Crippen LogP contribution in [0.25, 0.3) is 0 Å². The van der Waals surface area contributed by atoms with E-state index in [2.05, 4.69) is 31.9 Å². The van der Waals surface area contributed by atoms with Gasteiger partial charge in [-0.1, -0.05) is 0 Å². The lowest BCUT2D eigenvalue weighted by molar-refractivity contribution is -0.124. The molecule has 7 nitrogen and oxygen atoms in total. The van der Waals surface area contributed by atoms with Crippen LogP contribution in [0, 0.1) is 11.8 Å². The fourth-order valence-corrected chi connectivity index (χ4v) is 7.09. The Morgan fingerprint density at radius 1 is 1.04 bits per heavy atom. The Morgan fingerprint density at radius 3 is 1.92 bits per heavy atom. The third kappa shape index (κ3) is 2.23. The molecule has 0 saturated carbocycles. The van der Waals surface area contributed by atoms with Crippen LogP contribution in [0.2, 0.25) is 0 Å². The fraction of sp³-hybridized carbons (Fsp3) is 0.429. The van der Waals surface area contributed by atoms with E-state index < -0.39 is 21.9 Å². The molecule has 2 N–H and O–H groups in total. The van der Waals surface area contributed by atoms with Gasteiger partial charge in [-0.25, -0.2) is 18.5 Å². The number of carbonyl (C=O) groups excluding carboxylic acids is 2. The maximum absolute atomic E-state index is 12.7. The Hall–Kier alpha value is -0.810. The van der Waals surface area contributed by atoms with Crippen molar-refractivity contribution in [2.24, 2.45) is 17.0 Å². The quantitative estimate of drug-likeness (QED) is 0.647. The molecule has 3 saturated heterocycles. The summed E-state index contributed by atoms with van der Waals surface area (Å²) in [5, 5.41) is 5.18.